The number of hydrogen-bond acceptors (Lipinski definition) is 5. The van der Waals surface area contributed by atoms with Gasteiger partial charge in [-0.2, -0.15) is 4.98 Å². The fourth-order valence-electron chi connectivity index (χ4n) is 1.24. The summed E-state index contributed by atoms with van der Waals surface area (Å²) in [5.74, 6) is 0.235. The van der Waals surface area contributed by atoms with Crippen molar-refractivity contribution in [2.75, 3.05) is 11.5 Å². The Hall–Kier alpha value is -1.24. The minimum absolute atomic E-state index is 0.143. The number of carbonyl (C=O) groups excluding carboxylic acids is 1. The molecular weight excluding hydrogens is 295 g/mol. The Labute approximate surface area is 117 Å². The van der Waals surface area contributed by atoms with Gasteiger partial charge in [0.05, 0.1) is 10.8 Å². The molecular formula is C10H8Cl2N4OS. The van der Waals surface area contributed by atoms with Crippen molar-refractivity contribution in [1.29, 1.82) is 0 Å². The molecule has 1 heterocycles. The van der Waals surface area contributed by atoms with Crippen molar-refractivity contribution >= 4 is 46.7 Å². The molecule has 0 saturated carbocycles. The number of nitrogens with two attached hydrogens (primary N) is 1. The van der Waals surface area contributed by atoms with Gasteiger partial charge in [0.2, 0.25) is 11.1 Å². The van der Waals surface area contributed by atoms with Crippen molar-refractivity contribution < 1.29 is 4.79 Å². The molecule has 0 bridgehead atoms. The van der Waals surface area contributed by atoms with Gasteiger partial charge in [-0.1, -0.05) is 35.0 Å². The van der Waals surface area contributed by atoms with Crippen molar-refractivity contribution in [3.8, 4) is 0 Å². The van der Waals surface area contributed by atoms with E-state index >= 15 is 0 Å². The number of rotatable bonds is 4. The van der Waals surface area contributed by atoms with Crippen LogP contribution in [0.5, 0.6) is 0 Å². The van der Waals surface area contributed by atoms with Gasteiger partial charge in [0.25, 0.3) is 0 Å². The SMILES string of the molecule is Nc1nc(SCC(=O)c2cc(Cl)ccc2Cl)n[nH]1. The first kappa shape index (κ1) is 13.2. The van der Waals surface area contributed by atoms with Crippen LogP contribution in [-0.2, 0) is 0 Å². The summed E-state index contributed by atoms with van der Waals surface area (Å²) in [5, 5.41) is 7.56. The average molecular weight is 303 g/mol. The normalized spacial score (nSPS) is 10.6. The molecule has 5 nitrogen and oxygen atoms in total. The molecule has 0 unspecified atom stereocenters. The largest absolute Gasteiger partial charge is 0.368 e. The summed E-state index contributed by atoms with van der Waals surface area (Å²) in [6.45, 7) is 0. The van der Waals surface area contributed by atoms with E-state index in [1.807, 2.05) is 0 Å². The van der Waals surface area contributed by atoms with Gasteiger partial charge in [-0.25, -0.2) is 5.10 Å². The summed E-state index contributed by atoms with van der Waals surface area (Å²) in [5.41, 5.74) is 5.76. The molecule has 0 saturated heterocycles. The number of nitrogens with one attached hydrogen (secondary N) is 1. The van der Waals surface area contributed by atoms with Gasteiger partial charge in [-0.3, -0.25) is 4.79 Å². The number of anilines is 1. The lowest BCUT2D eigenvalue weighted by Gasteiger charge is -2.02. The summed E-state index contributed by atoms with van der Waals surface area (Å²) in [4.78, 5) is 15.8. The van der Waals surface area contributed by atoms with Crippen LogP contribution in [0.3, 0.4) is 0 Å². The first-order valence-electron chi connectivity index (χ1n) is 4.85. The first-order chi connectivity index (χ1) is 8.56. The van der Waals surface area contributed by atoms with Crippen molar-refractivity contribution in [2.45, 2.75) is 5.16 Å². The molecule has 2 aromatic rings. The number of Topliss-reactive ketones (excluding diaryl/α,β-unsaturated/α-hetero) is 1. The number of nitrogen functional groups attached to an aromatic ring is 1. The van der Waals surface area contributed by atoms with E-state index < -0.39 is 0 Å². The molecule has 0 aliphatic rings. The van der Waals surface area contributed by atoms with Crippen LogP contribution in [0.2, 0.25) is 10.0 Å². The van der Waals surface area contributed by atoms with E-state index in [1.165, 1.54) is 11.8 Å². The van der Waals surface area contributed by atoms with Crippen LogP contribution >= 0.6 is 35.0 Å². The highest BCUT2D eigenvalue weighted by atomic mass is 35.5. The molecule has 0 fully saturated rings. The highest BCUT2D eigenvalue weighted by Crippen LogP contribution is 2.23. The van der Waals surface area contributed by atoms with Gasteiger partial charge in [-0.05, 0) is 18.2 Å². The number of aromatic nitrogens is 3. The number of nitrogens with zero attached hydrogens (tertiary/aromatic N) is 2. The molecule has 0 spiro atoms. The number of benzene rings is 1. The van der Waals surface area contributed by atoms with Crippen molar-refractivity contribution in [3.05, 3.63) is 33.8 Å². The zero-order chi connectivity index (χ0) is 13.1. The third kappa shape index (κ3) is 3.16. The van der Waals surface area contributed by atoms with Gasteiger partial charge in [-0.15, -0.1) is 5.10 Å². The minimum atomic E-state index is -0.143. The smallest absolute Gasteiger partial charge is 0.216 e. The quantitative estimate of drug-likeness (QED) is 0.670. The maximum Gasteiger partial charge on any atom is 0.216 e. The number of H-pyrrole nitrogens is 1. The number of ketones is 1. The molecule has 0 aliphatic carbocycles. The standard InChI is InChI=1S/C10H8Cl2N4OS/c11-5-1-2-7(12)6(3-5)8(17)4-18-10-14-9(13)15-16-10/h1-3H,4H2,(H3,13,14,15,16). The molecule has 1 aromatic carbocycles. The van der Waals surface area contributed by atoms with E-state index in [0.29, 0.717) is 20.8 Å². The van der Waals surface area contributed by atoms with Crippen LogP contribution in [0.4, 0.5) is 5.95 Å². The Morgan fingerprint density at radius 3 is 2.89 bits per heavy atom. The van der Waals surface area contributed by atoms with E-state index in [9.17, 15) is 4.79 Å². The fourth-order valence-corrected chi connectivity index (χ4v) is 2.33. The van der Waals surface area contributed by atoms with Gasteiger partial charge < -0.3 is 5.73 Å². The van der Waals surface area contributed by atoms with Crippen LogP contribution in [0.25, 0.3) is 0 Å². The average Bonchev–Trinajstić information content (AvgIpc) is 2.75. The maximum absolute atomic E-state index is 11.9. The molecule has 3 N–H and O–H groups in total. The lowest BCUT2D eigenvalue weighted by Crippen LogP contribution is -2.03. The van der Waals surface area contributed by atoms with E-state index in [0.717, 1.165) is 0 Å². The molecule has 0 amide bonds. The molecule has 0 atom stereocenters. The number of carbonyl (C=O) groups is 1. The van der Waals surface area contributed by atoms with Crippen LogP contribution in [0.1, 0.15) is 10.4 Å². The summed E-state index contributed by atoms with van der Waals surface area (Å²) in [7, 11) is 0. The van der Waals surface area contributed by atoms with E-state index in [2.05, 4.69) is 15.2 Å². The first-order valence-corrected chi connectivity index (χ1v) is 6.59. The highest BCUT2D eigenvalue weighted by Gasteiger charge is 2.13. The molecule has 0 radical (unpaired) electrons. The molecule has 0 aliphatic heterocycles. The Balaban J connectivity index is 2.05. The highest BCUT2D eigenvalue weighted by molar-refractivity contribution is 7.99. The van der Waals surface area contributed by atoms with E-state index in [1.54, 1.807) is 18.2 Å². The Kier molecular flexibility index (Phi) is 4.11. The van der Waals surface area contributed by atoms with Crippen molar-refractivity contribution in [3.63, 3.8) is 0 Å². The van der Waals surface area contributed by atoms with Crippen LogP contribution in [0, 0.1) is 0 Å². The number of hydrogen-bond donors (Lipinski definition) is 2. The van der Waals surface area contributed by atoms with Gasteiger partial charge in [0.15, 0.2) is 5.78 Å². The van der Waals surface area contributed by atoms with Gasteiger partial charge in [0.1, 0.15) is 0 Å². The van der Waals surface area contributed by atoms with E-state index in [-0.39, 0.29) is 17.5 Å². The Morgan fingerprint density at radius 1 is 1.44 bits per heavy atom. The molecule has 1 aromatic heterocycles. The Morgan fingerprint density at radius 2 is 2.22 bits per heavy atom. The lowest BCUT2D eigenvalue weighted by atomic mass is 10.1. The topological polar surface area (TPSA) is 84.7 Å². The zero-order valence-electron chi connectivity index (χ0n) is 8.98. The maximum atomic E-state index is 11.9. The monoisotopic (exact) mass is 302 g/mol. The second-order valence-corrected chi connectivity index (χ2v) is 5.13. The third-order valence-corrected chi connectivity index (χ3v) is 3.46. The predicted octanol–water partition coefficient (Wildman–Crippen LogP) is 2.67. The summed E-state index contributed by atoms with van der Waals surface area (Å²) < 4.78 is 0. The second kappa shape index (κ2) is 5.60. The molecule has 8 heteroatoms. The number of thioether (sulfide) groups is 1. The predicted molar refractivity (Wildman–Crippen MR) is 72.3 cm³/mol. The summed E-state index contributed by atoms with van der Waals surface area (Å²) in [6.07, 6.45) is 0. The molecule has 94 valence electrons. The molecule has 2 rings (SSSR count). The minimum Gasteiger partial charge on any atom is -0.368 e. The zero-order valence-corrected chi connectivity index (χ0v) is 11.3. The second-order valence-electron chi connectivity index (χ2n) is 3.34. The van der Waals surface area contributed by atoms with Crippen molar-refractivity contribution in [1.82, 2.24) is 15.2 Å². The third-order valence-electron chi connectivity index (χ3n) is 2.04. The Bertz CT molecular complexity index is 587. The number of halogens is 2. The van der Waals surface area contributed by atoms with Gasteiger partial charge >= 0.3 is 0 Å². The summed E-state index contributed by atoms with van der Waals surface area (Å²) in [6, 6.07) is 4.76. The van der Waals surface area contributed by atoms with Crippen molar-refractivity contribution in [2.24, 2.45) is 0 Å². The van der Waals surface area contributed by atoms with Gasteiger partial charge in [0, 0.05) is 10.6 Å². The number of aromatic amines is 1. The lowest BCUT2D eigenvalue weighted by molar-refractivity contribution is 0.102. The van der Waals surface area contributed by atoms with Crippen LogP contribution < -0.4 is 5.73 Å². The van der Waals surface area contributed by atoms with E-state index in [4.69, 9.17) is 28.9 Å². The van der Waals surface area contributed by atoms with Crippen LogP contribution in [0.15, 0.2) is 23.4 Å². The fraction of sp³-hybridized carbons (Fsp3) is 0.100. The van der Waals surface area contributed by atoms with Crippen LogP contribution in [-0.4, -0.2) is 26.7 Å². The summed E-state index contributed by atoms with van der Waals surface area (Å²) >= 11 is 12.9. The molecule has 18 heavy (non-hydrogen) atoms.